The molecule has 0 spiro atoms. The number of benzene rings is 1. The molecule has 0 bridgehead atoms. The van der Waals surface area contributed by atoms with Crippen LogP contribution in [0, 0.1) is 0 Å². The number of nitrogens with zero attached hydrogens (tertiary/aromatic N) is 1. The van der Waals surface area contributed by atoms with Gasteiger partial charge >= 0.3 is 0 Å². The van der Waals surface area contributed by atoms with Crippen molar-refractivity contribution >= 4 is 23.6 Å². The summed E-state index contributed by atoms with van der Waals surface area (Å²) in [6.07, 6.45) is 0. The Bertz CT molecular complexity index is 248. The Balaban J connectivity index is 0.000000354. The molecule has 0 atom stereocenters. The van der Waals surface area contributed by atoms with Gasteiger partial charge in [-0.05, 0) is 11.6 Å². The van der Waals surface area contributed by atoms with E-state index < -0.39 is 5.24 Å². The average molecular weight is 186 g/mol. The van der Waals surface area contributed by atoms with Gasteiger partial charge in [-0.2, -0.15) is 0 Å². The Morgan fingerprint density at radius 2 is 1.83 bits per heavy atom. The lowest BCUT2D eigenvalue weighted by Crippen LogP contribution is -1.84. The summed E-state index contributed by atoms with van der Waals surface area (Å²) in [7, 11) is 0. The molecule has 1 aromatic rings. The number of oxime groups is 1. The van der Waals surface area contributed by atoms with E-state index in [1.165, 1.54) is 0 Å². The van der Waals surface area contributed by atoms with Gasteiger partial charge in [-0.1, -0.05) is 30.3 Å². The summed E-state index contributed by atoms with van der Waals surface area (Å²) in [6, 6.07) is 8.74. The fourth-order valence-electron chi connectivity index (χ4n) is 0.569. The van der Waals surface area contributed by atoms with E-state index in [0.29, 0.717) is 5.56 Å². The maximum atomic E-state index is 10.4. The zero-order valence-electron chi connectivity index (χ0n) is 6.27. The van der Waals surface area contributed by atoms with Crippen LogP contribution in [-0.2, 0) is 0 Å². The van der Waals surface area contributed by atoms with Gasteiger partial charge in [0.05, 0.1) is 0 Å². The van der Waals surface area contributed by atoms with E-state index in [2.05, 4.69) is 11.9 Å². The largest absolute Gasteiger partial charge is 0.411 e. The molecule has 1 aromatic carbocycles. The van der Waals surface area contributed by atoms with Crippen LogP contribution in [0.1, 0.15) is 10.4 Å². The fraction of sp³-hybridized carbons (Fsp3) is 0. The van der Waals surface area contributed by atoms with Gasteiger partial charge in [-0.25, -0.2) is 0 Å². The molecular weight excluding hydrogens is 178 g/mol. The van der Waals surface area contributed by atoms with E-state index in [-0.39, 0.29) is 0 Å². The first kappa shape index (κ1) is 10.7. The first-order valence-corrected chi connectivity index (χ1v) is 3.45. The first-order chi connectivity index (χ1) is 5.72. The molecule has 1 N–H and O–H groups in total. The number of carbonyl (C=O) groups is 1. The van der Waals surface area contributed by atoms with E-state index in [1.54, 1.807) is 24.3 Å². The summed E-state index contributed by atoms with van der Waals surface area (Å²) in [5.74, 6) is 0. The standard InChI is InChI=1S/C7H5ClO.CH3NO/c8-7(9)6-4-2-1-3-5-6;1-2-3/h1-5H;3H,1H2. The van der Waals surface area contributed by atoms with Gasteiger partial charge in [-0.15, -0.1) is 5.16 Å². The molecule has 0 radical (unpaired) electrons. The van der Waals surface area contributed by atoms with Crippen LogP contribution in [0.15, 0.2) is 35.5 Å². The third-order valence-electron chi connectivity index (χ3n) is 1.00. The lowest BCUT2D eigenvalue weighted by Gasteiger charge is -1.87. The van der Waals surface area contributed by atoms with Gasteiger partial charge in [0.2, 0.25) is 0 Å². The molecule has 0 unspecified atom stereocenters. The third-order valence-corrected chi connectivity index (χ3v) is 1.22. The molecule has 64 valence electrons. The Morgan fingerprint density at radius 1 is 1.42 bits per heavy atom. The maximum absolute atomic E-state index is 10.4. The number of halogens is 1. The molecule has 0 saturated carbocycles. The van der Waals surface area contributed by atoms with Crippen molar-refractivity contribution in [3.05, 3.63) is 35.9 Å². The second kappa shape index (κ2) is 6.37. The molecule has 0 aliphatic carbocycles. The molecule has 0 heterocycles. The molecule has 0 aliphatic heterocycles. The molecular formula is C8H8ClNO2. The average Bonchev–Trinajstić information content (AvgIpc) is 2.07. The van der Waals surface area contributed by atoms with Crippen molar-refractivity contribution in [2.24, 2.45) is 5.16 Å². The van der Waals surface area contributed by atoms with Gasteiger partial charge in [0.1, 0.15) is 0 Å². The molecule has 4 heteroatoms. The topological polar surface area (TPSA) is 49.7 Å². The summed E-state index contributed by atoms with van der Waals surface area (Å²) >= 11 is 5.16. The van der Waals surface area contributed by atoms with E-state index in [4.69, 9.17) is 16.8 Å². The monoisotopic (exact) mass is 185 g/mol. The SMILES string of the molecule is C=NO.O=C(Cl)c1ccccc1. The first-order valence-electron chi connectivity index (χ1n) is 3.07. The van der Waals surface area contributed by atoms with E-state index in [0.717, 1.165) is 0 Å². The van der Waals surface area contributed by atoms with Crippen molar-refractivity contribution in [2.75, 3.05) is 0 Å². The van der Waals surface area contributed by atoms with Crippen molar-refractivity contribution in [3.8, 4) is 0 Å². The van der Waals surface area contributed by atoms with Gasteiger partial charge in [-0.3, -0.25) is 4.79 Å². The Morgan fingerprint density at radius 3 is 2.08 bits per heavy atom. The maximum Gasteiger partial charge on any atom is 0.252 e. The van der Waals surface area contributed by atoms with Gasteiger partial charge < -0.3 is 5.21 Å². The van der Waals surface area contributed by atoms with Crippen LogP contribution in [0.25, 0.3) is 0 Å². The van der Waals surface area contributed by atoms with Gasteiger partial charge in [0, 0.05) is 12.3 Å². The molecule has 1 rings (SSSR count). The highest BCUT2D eigenvalue weighted by Crippen LogP contribution is 2.01. The highest BCUT2D eigenvalue weighted by atomic mass is 35.5. The summed E-state index contributed by atoms with van der Waals surface area (Å²) < 4.78 is 0. The summed E-state index contributed by atoms with van der Waals surface area (Å²) in [5, 5.41) is 8.93. The number of rotatable bonds is 1. The molecule has 0 fully saturated rings. The van der Waals surface area contributed by atoms with Crippen LogP contribution in [0.2, 0.25) is 0 Å². The van der Waals surface area contributed by atoms with E-state index in [9.17, 15) is 4.79 Å². The summed E-state index contributed by atoms with van der Waals surface area (Å²) in [4.78, 5) is 10.4. The van der Waals surface area contributed by atoms with Crippen molar-refractivity contribution in [2.45, 2.75) is 0 Å². The summed E-state index contributed by atoms with van der Waals surface area (Å²) in [6.45, 7) is 2.67. The minimum Gasteiger partial charge on any atom is -0.411 e. The minimum absolute atomic E-state index is 0.407. The molecule has 0 aliphatic rings. The number of hydrogen-bond donors (Lipinski definition) is 1. The van der Waals surface area contributed by atoms with Gasteiger partial charge in [0.25, 0.3) is 5.24 Å². The van der Waals surface area contributed by atoms with Crippen LogP contribution in [0.5, 0.6) is 0 Å². The predicted molar refractivity (Wildman–Crippen MR) is 48.0 cm³/mol. The molecule has 12 heavy (non-hydrogen) atoms. The van der Waals surface area contributed by atoms with Crippen molar-refractivity contribution in [1.29, 1.82) is 0 Å². The molecule has 0 aromatic heterocycles. The van der Waals surface area contributed by atoms with Crippen LogP contribution in [-0.4, -0.2) is 17.2 Å². The van der Waals surface area contributed by atoms with Crippen molar-refractivity contribution in [3.63, 3.8) is 0 Å². The fourth-order valence-corrected chi connectivity index (χ4v) is 0.695. The van der Waals surface area contributed by atoms with E-state index >= 15 is 0 Å². The normalized spacial score (nSPS) is 7.75. The summed E-state index contributed by atoms with van der Waals surface area (Å²) in [5.41, 5.74) is 0.541. The van der Waals surface area contributed by atoms with Crippen molar-refractivity contribution < 1.29 is 10.0 Å². The Kier molecular flexibility index (Phi) is 5.65. The van der Waals surface area contributed by atoms with Crippen LogP contribution < -0.4 is 0 Å². The lowest BCUT2D eigenvalue weighted by molar-refractivity contribution is 0.108. The van der Waals surface area contributed by atoms with Gasteiger partial charge in [0.15, 0.2) is 0 Å². The highest BCUT2D eigenvalue weighted by Gasteiger charge is 1.95. The molecule has 0 saturated heterocycles. The number of carbonyl (C=O) groups excluding carboxylic acids is 1. The predicted octanol–water partition coefficient (Wildman–Crippen LogP) is 2.14. The van der Waals surface area contributed by atoms with Crippen LogP contribution in [0.4, 0.5) is 0 Å². The third kappa shape index (κ3) is 4.46. The molecule has 3 nitrogen and oxygen atoms in total. The van der Waals surface area contributed by atoms with Crippen LogP contribution >= 0.6 is 11.6 Å². The number of hydrogen-bond acceptors (Lipinski definition) is 3. The zero-order chi connectivity index (χ0) is 9.40. The highest BCUT2D eigenvalue weighted by molar-refractivity contribution is 6.67. The quantitative estimate of drug-likeness (QED) is 0.315. The zero-order valence-corrected chi connectivity index (χ0v) is 7.03. The smallest absolute Gasteiger partial charge is 0.252 e. The Hall–Kier alpha value is -1.35. The second-order valence-corrected chi connectivity index (χ2v) is 2.12. The lowest BCUT2D eigenvalue weighted by atomic mass is 10.2. The Labute approximate surface area is 75.3 Å². The van der Waals surface area contributed by atoms with Crippen molar-refractivity contribution in [1.82, 2.24) is 0 Å². The molecule has 0 amide bonds. The second-order valence-electron chi connectivity index (χ2n) is 1.78. The van der Waals surface area contributed by atoms with E-state index in [1.807, 2.05) is 6.07 Å². The minimum atomic E-state index is -0.407. The van der Waals surface area contributed by atoms with Crippen LogP contribution in [0.3, 0.4) is 0 Å².